The molecule has 0 aliphatic rings. The first-order chi connectivity index (χ1) is 19.9. The van der Waals surface area contributed by atoms with Crippen molar-refractivity contribution >= 4 is 33.0 Å². The van der Waals surface area contributed by atoms with Gasteiger partial charge >= 0.3 is 0 Å². The minimum atomic E-state index is 0.289. The van der Waals surface area contributed by atoms with Crippen LogP contribution in [0.15, 0.2) is 102 Å². The predicted octanol–water partition coefficient (Wildman–Crippen LogP) is 10.2. The molecule has 0 amide bonds. The van der Waals surface area contributed by atoms with Crippen molar-refractivity contribution in [2.24, 2.45) is 0 Å². The molecule has 3 heterocycles. The number of nitrogens with zero attached hydrogens (tertiary/aromatic N) is 3. The number of para-hydroxylation sites is 1. The third kappa shape index (κ3) is 4.05. The maximum absolute atomic E-state index is 6.57. The van der Waals surface area contributed by atoms with E-state index in [9.17, 15) is 0 Å². The molecule has 0 bridgehead atoms. The van der Waals surface area contributed by atoms with Crippen molar-refractivity contribution in [1.29, 1.82) is 0 Å². The summed E-state index contributed by atoms with van der Waals surface area (Å²) in [5.74, 6) is 1.45. The number of hydrogen-bond donors (Lipinski definition) is 0. The zero-order valence-electron chi connectivity index (χ0n) is 24.1. The fraction of sp³-hybridized carbons (Fsp3) is 0.189. The number of fused-ring (bicyclic) bond motifs is 4. The molecule has 0 spiro atoms. The van der Waals surface area contributed by atoms with Crippen LogP contribution in [0.5, 0.6) is 0 Å². The number of benzene rings is 4. The SMILES string of the molecule is Cc1ccc(-c2nc3ccncc3n2-c2c(C(C)C)cc(-c3ccccc3)cc2C(C)C)c2oc3ccccc3c12. The molecule has 202 valence electrons. The second kappa shape index (κ2) is 9.74. The summed E-state index contributed by atoms with van der Waals surface area (Å²) in [7, 11) is 0. The van der Waals surface area contributed by atoms with Crippen molar-refractivity contribution in [2.75, 3.05) is 0 Å². The molecule has 4 nitrogen and oxygen atoms in total. The molecular formula is C37H33N3O. The number of rotatable bonds is 5. The van der Waals surface area contributed by atoms with E-state index in [0.29, 0.717) is 0 Å². The van der Waals surface area contributed by atoms with Gasteiger partial charge in [-0.25, -0.2) is 4.98 Å². The second-order valence-electron chi connectivity index (χ2n) is 11.5. The van der Waals surface area contributed by atoms with E-state index in [1.54, 1.807) is 0 Å². The van der Waals surface area contributed by atoms with Crippen LogP contribution in [-0.4, -0.2) is 14.5 Å². The van der Waals surface area contributed by atoms with Crippen molar-refractivity contribution in [3.05, 3.63) is 114 Å². The van der Waals surface area contributed by atoms with Gasteiger partial charge in [-0.05, 0) is 76.9 Å². The zero-order chi connectivity index (χ0) is 28.2. The Hall–Kier alpha value is -4.70. The summed E-state index contributed by atoms with van der Waals surface area (Å²) in [6.07, 6.45) is 3.76. The molecular weight excluding hydrogens is 502 g/mol. The minimum absolute atomic E-state index is 0.289. The van der Waals surface area contributed by atoms with Crippen LogP contribution >= 0.6 is 0 Å². The number of aryl methyl sites for hydroxylation is 1. The van der Waals surface area contributed by atoms with E-state index >= 15 is 0 Å². The molecule has 7 aromatic rings. The summed E-state index contributed by atoms with van der Waals surface area (Å²) in [5, 5.41) is 2.27. The van der Waals surface area contributed by atoms with Gasteiger partial charge in [0.15, 0.2) is 0 Å². The third-order valence-electron chi connectivity index (χ3n) is 8.18. The number of hydrogen-bond acceptors (Lipinski definition) is 3. The molecule has 4 aromatic carbocycles. The van der Waals surface area contributed by atoms with Gasteiger partial charge in [0.05, 0.1) is 28.5 Å². The lowest BCUT2D eigenvalue weighted by Gasteiger charge is -2.24. The Kier molecular flexibility index (Phi) is 6.01. The van der Waals surface area contributed by atoms with Crippen LogP contribution in [0.2, 0.25) is 0 Å². The van der Waals surface area contributed by atoms with E-state index < -0.39 is 0 Å². The fourth-order valence-corrected chi connectivity index (χ4v) is 6.12. The highest BCUT2D eigenvalue weighted by molar-refractivity contribution is 6.11. The highest BCUT2D eigenvalue weighted by atomic mass is 16.3. The normalized spacial score (nSPS) is 12.0. The average Bonchev–Trinajstić information content (AvgIpc) is 3.56. The standard InChI is InChI=1S/C37H33N3O/c1-22(2)29-19-26(25-11-7-6-8-12-25)20-30(23(3)4)35(29)40-32-21-38-18-17-31(32)39-37(40)28-16-15-24(5)34-27-13-9-10-14-33(27)41-36(28)34/h6-23H,1-5H3. The molecule has 7 rings (SSSR count). The molecule has 3 aromatic heterocycles. The second-order valence-corrected chi connectivity index (χ2v) is 11.5. The maximum atomic E-state index is 6.57. The molecule has 0 unspecified atom stereocenters. The van der Waals surface area contributed by atoms with E-state index in [0.717, 1.165) is 44.4 Å². The van der Waals surface area contributed by atoms with Crippen molar-refractivity contribution in [1.82, 2.24) is 14.5 Å². The summed E-state index contributed by atoms with van der Waals surface area (Å²) in [5.41, 5.74) is 12.0. The molecule has 0 radical (unpaired) electrons. The van der Waals surface area contributed by atoms with E-state index in [1.807, 2.05) is 30.6 Å². The zero-order valence-corrected chi connectivity index (χ0v) is 24.1. The van der Waals surface area contributed by atoms with Gasteiger partial charge in [0, 0.05) is 17.0 Å². The van der Waals surface area contributed by atoms with Gasteiger partial charge in [0.2, 0.25) is 0 Å². The van der Waals surface area contributed by atoms with Gasteiger partial charge in [-0.2, -0.15) is 0 Å². The van der Waals surface area contributed by atoms with Crippen LogP contribution in [0, 0.1) is 6.92 Å². The summed E-state index contributed by atoms with van der Waals surface area (Å²) in [6, 6.07) is 30.0. The highest BCUT2D eigenvalue weighted by Gasteiger charge is 2.25. The molecule has 0 saturated carbocycles. The number of furan rings is 1. The van der Waals surface area contributed by atoms with Crippen molar-refractivity contribution < 1.29 is 4.42 Å². The Bertz CT molecular complexity index is 2030. The Morgan fingerprint density at radius 1 is 0.756 bits per heavy atom. The Morgan fingerprint density at radius 2 is 1.46 bits per heavy atom. The number of aromatic nitrogens is 3. The highest BCUT2D eigenvalue weighted by Crippen LogP contribution is 2.43. The van der Waals surface area contributed by atoms with Gasteiger partial charge < -0.3 is 4.42 Å². The lowest BCUT2D eigenvalue weighted by atomic mass is 9.88. The van der Waals surface area contributed by atoms with E-state index in [4.69, 9.17) is 9.40 Å². The van der Waals surface area contributed by atoms with Crippen LogP contribution < -0.4 is 0 Å². The van der Waals surface area contributed by atoms with Crippen LogP contribution in [0.1, 0.15) is 56.2 Å². The van der Waals surface area contributed by atoms with Crippen LogP contribution in [-0.2, 0) is 0 Å². The number of pyridine rings is 1. The molecule has 0 aliphatic carbocycles. The largest absolute Gasteiger partial charge is 0.455 e. The van der Waals surface area contributed by atoms with E-state index in [1.165, 1.54) is 33.5 Å². The van der Waals surface area contributed by atoms with Gasteiger partial charge in [-0.3, -0.25) is 9.55 Å². The first kappa shape index (κ1) is 25.3. The molecule has 0 atom stereocenters. The number of imidazole rings is 1. The first-order valence-electron chi connectivity index (χ1n) is 14.4. The van der Waals surface area contributed by atoms with Crippen molar-refractivity contribution in [3.63, 3.8) is 0 Å². The molecule has 0 N–H and O–H groups in total. The van der Waals surface area contributed by atoms with Gasteiger partial charge in [-0.1, -0.05) is 82.3 Å². The van der Waals surface area contributed by atoms with E-state index in [2.05, 4.69) is 111 Å². The quantitative estimate of drug-likeness (QED) is 0.220. The summed E-state index contributed by atoms with van der Waals surface area (Å²) >= 11 is 0. The maximum Gasteiger partial charge on any atom is 0.149 e. The van der Waals surface area contributed by atoms with Crippen molar-refractivity contribution in [3.8, 4) is 28.2 Å². The molecule has 0 saturated heterocycles. The molecule has 0 fully saturated rings. The Morgan fingerprint density at radius 3 is 2.20 bits per heavy atom. The van der Waals surface area contributed by atoms with Crippen molar-refractivity contribution in [2.45, 2.75) is 46.5 Å². The smallest absolute Gasteiger partial charge is 0.149 e. The van der Waals surface area contributed by atoms with Gasteiger partial charge in [0.1, 0.15) is 17.0 Å². The average molecular weight is 536 g/mol. The van der Waals surface area contributed by atoms with Gasteiger partial charge in [0.25, 0.3) is 0 Å². The predicted molar refractivity (Wildman–Crippen MR) is 170 cm³/mol. The first-order valence-corrected chi connectivity index (χ1v) is 14.4. The lowest BCUT2D eigenvalue weighted by molar-refractivity contribution is 0.669. The molecule has 0 aliphatic heterocycles. The summed E-state index contributed by atoms with van der Waals surface area (Å²) in [6.45, 7) is 11.3. The lowest BCUT2D eigenvalue weighted by Crippen LogP contribution is -2.09. The summed E-state index contributed by atoms with van der Waals surface area (Å²) < 4.78 is 8.90. The van der Waals surface area contributed by atoms with Crippen LogP contribution in [0.3, 0.4) is 0 Å². The fourth-order valence-electron chi connectivity index (χ4n) is 6.12. The topological polar surface area (TPSA) is 43.9 Å². The summed E-state index contributed by atoms with van der Waals surface area (Å²) in [4.78, 5) is 9.80. The van der Waals surface area contributed by atoms with E-state index in [-0.39, 0.29) is 11.8 Å². The third-order valence-corrected chi connectivity index (χ3v) is 8.18. The van der Waals surface area contributed by atoms with Gasteiger partial charge in [-0.15, -0.1) is 0 Å². The monoisotopic (exact) mass is 535 g/mol. The Labute approximate surface area is 240 Å². The molecule has 4 heteroatoms. The molecule has 41 heavy (non-hydrogen) atoms. The van der Waals surface area contributed by atoms with Crippen LogP contribution in [0.4, 0.5) is 0 Å². The minimum Gasteiger partial charge on any atom is -0.455 e. The van der Waals surface area contributed by atoms with Crippen LogP contribution in [0.25, 0.3) is 61.2 Å². The Balaban J connectivity index is 1.61.